The molecule has 2 aromatic rings. The third-order valence-electron chi connectivity index (χ3n) is 2.21. The second-order valence-corrected chi connectivity index (χ2v) is 5.81. The molecule has 0 unspecified atom stereocenters. The van der Waals surface area contributed by atoms with Gasteiger partial charge in [-0.05, 0) is 6.92 Å². The molecule has 2 rings (SSSR count). The highest BCUT2D eigenvalue weighted by Crippen LogP contribution is 2.11. The lowest BCUT2D eigenvalue weighted by molar-refractivity contribution is 0.592. The van der Waals surface area contributed by atoms with Gasteiger partial charge >= 0.3 is 5.69 Å². The van der Waals surface area contributed by atoms with Crippen molar-refractivity contribution in [3.05, 3.63) is 22.4 Å². The average molecular weight is 277 g/mol. The van der Waals surface area contributed by atoms with E-state index in [9.17, 15) is 13.2 Å². The van der Waals surface area contributed by atoms with Crippen molar-refractivity contribution in [3.8, 4) is 0 Å². The van der Waals surface area contributed by atoms with E-state index in [1.165, 1.54) is 17.4 Å². The summed E-state index contributed by atoms with van der Waals surface area (Å²) in [6.45, 7) is 1.53. The van der Waals surface area contributed by atoms with Gasteiger partial charge in [0, 0.05) is 11.9 Å². The van der Waals surface area contributed by atoms with E-state index in [4.69, 9.17) is 11.6 Å². The van der Waals surface area contributed by atoms with Gasteiger partial charge in [-0.3, -0.25) is 0 Å². The number of nitrogens with zero attached hydrogens (tertiary/aromatic N) is 3. The zero-order valence-corrected chi connectivity index (χ0v) is 10.4. The maximum atomic E-state index is 11.8. The molecular formula is C8H9ClN4O3S. The van der Waals surface area contributed by atoms with Crippen LogP contribution in [0.3, 0.4) is 0 Å². The average Bonchev–Trinajstić information content (AvgIpc) is 2.60. The van der Waals surface area contributed by atoms with Crippen molar-refractivity contribution in [2.75, 3.05) is 11.6 Å². The predicted octanol–water partition coefficient (Wildman–Crippen LogP) is -0.261. The molecular weight excluding hydrogens is 268 g/mol. The van der Waals surface area contributed by atoms with E-state index in [2.05, 4.69) is 15.2 Å². The molecule has 0 amide bonds. The zero-order chi connectivity index (χ0) is 12.6. The third kappa shape index (κ3) is 2.05. The molecule has 17 heavy (non-hydrogen) atoms. The Morgan fingerprint density at radius 3 is 2.88 bits per heavy atom. The summed E-state index contributed by atoms with van der Waals surface area (Å²) in [6, 6.07) is 1.24. The summed E-state index contributed by atoms with van der Waals surface area (Å²) in [5, 5.41) is 5.80. The normalized spacial score (nSPS) is 12.1. The van der Waals surface area contributed by atoms with Crippen LogP contribution in [0.1, 0.15) is 5.82 Å². The quantitative estimate of drug-likeness (QED) is 0.615. The highest BCUT2D eigenvalue weighted by molar-refractivity contribution is 7.91. The van der Waals surface area contributed by atoms with Crippen LogP contribution in [-0.4, -0.2) is 39.6 Å². The largest absolute Gasteiger partial charge is 0.349 e. The number of rotatable bonds is 3. The van der Waals surface area contributed by atoms with Crippen molar-refractivity contribution in [1.29, 1.82) is 0 Å². The fraction of sp³-hybridized carbons (Fsp3) is 0.375. The fourth-order valence-electron chi connectivity index (χ4n) is 1.44. The van der Waals surface area contributed by atoms with Crippen molar-refractivity contribution in [2.45, 2.75) is 11.9 Å². The molecule has 0 saturated heterocycles. The van der Waals surface area contributed by atoms with Crippen molar-refractivity contribution in [3.63, 3.8) is 0 Å². The minimum atomic E-state index is -3.53. The van der Waals surface area contributed by atoms with Gasteiger partial charge in [-0.1, -0.05) is 0 Å². The first-order chi connectivity index (χ1) is 7.95. The molecule has 0 fully saturated rings. The van der Waals surface area contributed by atoms with E-state index in [-0.39, 0.29) is 28.1 Å². The lowest BCUT2D eigenvalue weighted by Gasteiger charge is -2.03. The number of fused-ring (bicyclic) bond motifs is 1. The summed E-state index contributed by atoms with van der Waals surface area (Å²) in [4.78, 5) is 15.2. The molecule has 0 radical (unpaired) electrons. The molecule has 2 aromatic heterocycles. The van der Waals surface area contributed by atoms with Crippen LogP contribution >= 0.6 is 11.6 Å². The second kappa shape index (κ2) is 4.11. The summed E-state index contributed by atoms with van der Waals surface area (Å²) >= 11 is 5.41. The van der Waals surface area contributed by atoms with E-state index in [0.29, 0.717) is 0 Å². The number of H-pyrrole nitrogens is 1. The Morgan fingerprint density at radius 1 is 1.53 bits per heavy atom. The van der Waals surface area contributed by atoms with Crippen LogP contribution in [0, 0.1) is 6.92 Å². The maximum absolute atomic E-state index is 11.8. The van der Waals surface area contributed by atoms with E-state index in [0.717, 1.165) is 0 Å². The number of aromatic amines is 1. The molecule has 0 aliphatic carbocycles. The molecule has 0 aromatic carbocycles. The van der Waals surface area contributed by atoms with Gasteiger partial charge in [-0.15, -0.1) is 11.6 Å². The number of hydrogen-bond acceptors (Lipinski definition) is 5. The Labute approximate surface area is 101 Å². The molecule has 9 heteroatoms. The summed E-state index contributed by atoms with van der Waals surface area (Å²) in [6.07, 6.45) is 0. The van der Waals surface area contributed by atoms with Crippen molar-refractivity contribution in [1.82, 2.24) is 19.6 Å². The first kappa shape index (κ1) is 12.1. The SMILES string of the molecule is Cc1nc(S(=O)(=O)CCCl)cc2n[nH]c(=O)n12. The highest BCUT2D eigenvalue weighted by atomic mass is 35.5. The van der Waals surface area contributed by atoms with Gasteiger partial charge < -0.3 is 0 Å². The van der Waals surface area contributed by atoms with Crippen LogP contribution in [0.5, 0.6) is 0 Å². The lowest BCUT2D eigenvalue weighted by atomic mass is 10.5. The van der Waals surface area contributed by atoms with E-state index < -0.39 is 15.5 Å². The number of sulfone groups is 1. The number of nitrogens with one attached hydrogen (secondary N) is 1. The van der Waals surface area contributed by atoms with Crippen LogP contribution in [0.15, 0.2) is 15.9 Å². The Hall–Kier alpha value is -1.41. The Bertz CT molecular complexity index is 718. The summed E-state index contributed by atoms with van der Waals surface area (Å²) < 4.78 is 24.7. The van der Waals surface area contributed by atoms with Crippen LogP contribution in [-0.2, 0) is 9.84 Å². The van der Waals surface area contributed by atoms with Crippen molar-refractivity contribution < 1.29 is 8.42 Å². The van der Waals surface area contributed by atoms with Crippen molar-refractivity contribution in [2.24, 2.45) is 0 Å². The topological polar surface area (TPSA) is 97.2 Å². The first-order valence-electron chi connectivity index (χ1n) is 4.69. The minimum Gasteiger partial charge on any atom is -0.246 e. The number of hydrogen-bond donors (Lipinski definition) is 1. The Kier molecular flexibility index (Phi) is 2.92. The molecule has 0 aliphatic heterocycles. The molecule has 7 nitrogen and oxygen atoms in total. The molecule has 0 bridgehead atoms. The highest BCUT2D eigenvalue weighted by Gasteiger charge is 2.18. The summed E-state index contributed by atoms with van der Waals surface area (Å²) in [7, 11) is -3.53. The van der Waals surface area contributed by atoms with Crippen LogP contribution in [0.4, 0.5) is 0 Å². The molecule has 0 atom stereocenters. The number of aromatic nitrogens is 4. The number of alkyl halides is 1. The smallest absolute Gasteiger partial charge is 0.246 e. The first-order valence-corrected chi connectivity index (χ1v) is 6.88. The molecule has 0 spiro atoms. The van der Waals surface area contributed by atoms with E-state index in [1.54, 1.807) is 0 Å². The van der Waals surface area contributed by atoms with Crippen molar-refractivity contribution >= 4 is 27.1 Å². The van der Waals surface area contributed by atoms with Gasteiger partial charge in [0.25, 0.3) is 0 Å². The summed E-state index contributed by atoms with van der Waals surface area (Å²) in [5.74, 6) is 0.0439. The monoisotopic (exact) mass is 276 g/mol. The van der Waals surface area contributed by atoms with E-state index in [1.807, 2.05) is 0 Å². The van der Waals surface area contributed by atoms with E-state index >= 15 is 0 Å². The molecule has 0 aliphatic rings. The number of halogens is 1. The minimum absolute atomic E-state index is 0.0123. The third-order valence-corrected chi connectivity index (χ3v) is 4.21. The van der Waals surface area contributed by atoms with Gasteiger partial charge in [0.05, 0.1) is 5.75 Å². The van der Waals surface area contributed by atoms with Crippen LogP contribution in [0.2, 0.25) is 0 Å². The maximum Gasteiger partial charge on any atom is 0.349 e. The van der Waals surface area contributed by atoms with Gasteiger partial charge in [0.15, 0.2) is 20.5 Å². The standard InChI is InChI=1S/C8H9ClN4O3S/c1-5-10-7(17(15,16)3-2-9)4-6-11-12-8(14)13(5)6/h4H,2-3H2,1H3,(H,12,14). The zero-order valence-electron chi connectivity index (χ0n) is 8.84. The second-order valence-electron chi connectivity index (χ2n) is 3.37. The lowest BCUT2D eigenvalue weighted by Crippen LogP contribution is -2.16. The molecule has 1 N–H and O–H groups in total. The Morgan fingerprint density at radius 2 is 2.24 bits per heavy atom. The van der Waals surface area contributed by atoms with Gasteiger partial charge in [0.1, 0.15) is 5.82 Å². The van der Waals surface area contributed by atoms with Crippen LogP contribution in [0.25, 0.3) is 5.65 Å². The van der Waals surface area contributed by atoms with Gasteiger partial charge in [-0.2, -0.15) is 5.10 Å². The number of aryl methyl sites for hydroxylation is 1. The Balaban J connectivity index is 2.70. The molecule has 2 heterocycles. The van der Waals surface area contributed by atoms with Gasteiger partial charge in [0.2, 0.25) is 0 Å². The predicted molar refractivity (Wildman–Crippen MR) is 61.1 cm³/mol. The van der Waals surface area contributed by atoms with Gasteiger partial charge in [-0.25, -0.2) is 27.7 Å². The van der Waals surface area contributed by atoms with Crippen LogP contribution < -0.4 is 5.69 Å². The molecule has 92 valence electrons. The fourth-order valence-corrected chi connectivity index (χ4v) is 3.01. The summed E-state index contributed by atoms with van der Waals surface area (Å²) in [5.41, 5.74) is -0.234. The molecule has 0 saturated carbocycles.